The number of hydrogen-bond donors (Lipinski definition) is 2. The van der Waals surface area contributed by atoms with Gasteiger partial charge in [-0.15, -0.1) is 11.8 Å². The highest BCUT2D eigenvalue weighted by Crippen LogP contribution is 2.30. The van der Waals surface area contributed by atoms with Crippen LogP contribution in [0.1, 0.15) is 39.5 Å². The summed E-state index contributed by atoms with van der Waals surface area (Å²) in [4.78, 5) is 29.5. The molecule has 0 bridgehead atoms. The van der Waals surface area contributed by atoms with Gasteiger partial charge in [-0.05, 0) is 38.5 Å². The summed E-state index contributed by atoms with van der Waals surface area (Å²) in [5.41, 5.74) is 0. The van der Waals surface area contributed by atoms with Gasteiger partial charge in [0, 0.05) is 19.2 Å². The molecule has 2 amide bonds. The first-order valence-corrected chi connectivity index (χ1v) is 10.8. The lowest BCUT2D eigenvalue weighted by Gasteiger charge is -2.36. The number of carbonyl (C=O) groups is 2. The van der Waals surface area contributed by atoms with Gasteiger partial charge >= 0.3 is 12.0 Å². The van der Waals surface area contributed by atoms with Crippen molar-refractivity contribution in [2.24, 2.45) is 5.92 Å². The molecule has 0 aromatic carbocycles. The molecule has 7 nitrogen and oxygen atoms in total. The number of anilines is 1. The van der Waals surface area contributed by atoms with Gasteiger partial charge < -0.3 is 14.7 Å². The average molecular weight is 402 g/mol. The number of aromatic nitrogens is 1. The summed E-state index contributed by atoms with van der Waals surface area (Å²) in [6, 6.07) is 0.0702. The van der Waals surface area contributed by atoms with Crippen molar-refractivity contribution in [1.82, 2.24) is 9.88 Å². The molecule has 2 rings (SSSR count). The van der Waals surface area contributed by atoms with Crippen molar-refractivity contribution in [3.05, 3.63) is 6.20 Å². The number of aliphatic carboxylic acids is 1. The van der Waals surface area contributed by atoms with Crippen LogP contribution in [0, 0.1) is 5.92 Å². The molecular weight excluding hydrogens is 374 g/mol. The second-order valence-corrected chi connectivity index (χ2v) is 8.71. The lowest BCUT2D eigenvalue weighted by molar-refractivity contribution is -0.133. The Labute approximate surface area is 162 Å². The molecule has 0 unspecified atom stereocenters. The SMILES string of the molecule is CCOCCN(C(=O)Nc1ncc(SCC(=O)O)s1)C1CCC(C)CC1. The fraction of sp³-hybridized carbons (Fsp3) is 0.706. The van der Waals surface area contributed by atoms with Crippen LogP contribution in [0.15, 0.2) is 10.4 Å². The van der Waals surface area contributed by atoms with Crippen LogP contribution < -0.4 is 5.32 Å². The van der Waals surface area contributed by atoms with E-state index < -0.39 is 5.97 Å². The molecule has 0 spiro atoms. The highest BCUT2D eigenvalue weighted by atomic mass is 32.2. The number of carboxylic acids is 1. The Morgan fingerprint density at radius 3 is 2.81 bits per heavy atom. The second kappa shape index (κ2) is 10.7. The number of ether oxygens (including phenoxy) is 1. The maximum Gasteiger partial charge on any atom is 0.323 e. The highest BCUT2D eigenvalue weighted by molar-refractivity contribution is 8.01. The Bertz CT molecular complexity index is 588. The standard InChI is InChI=1S/C17H27N3O4S2/c1-3-24-9-8-20(13-6-4-12(2)5-7-13)17(23)19-16-18-10-15(26-16)25-11-14(21)22/h10,12-13H,3-9,11H2,1-2H3,(H,21,22)(H,18,19,23). The minimum absolute atomic E-state index is 0.0175. The minimum Gasteiger partial charge on any atom is -0.481 e. The predicted molar refractivity (Wildman–Crippen MR) is 104 cm³/mol. The quantitative estimate of drug-likeness (QED) is 0.483. The smallest absolute Gasteiger partial charge is 0.323 e. The first kappa shape index (κ1) is 21.0. The van der Waals surface area contributed by atoms with E-state index in [0.717, 1.165) is 35.8 Å². The molecule has 1 aliphatic carbocycles. The third-order valence-corrected chi connectivity index (χ3v) is 6.50. The van der Waals surface area contributed by atoms with Crippen LogP contribution in [0.3, 0.4) is 0 Å². The van der Waals surface area contributed by atoms with Gasteiger partial charge in [-0.25, -0.2) is 9.78 Å². The Kier molecular flexibility index (Phi) is 8.67. The molecule has 1 fully saturated rings. The summed E-state index contributed by atoms with van der Waals surface area (Å²) in [6.07, 6.45) is 5.89. The van der Waals surface area contributed by atoms with E-state index in [0.29, 0.717) is 24.9 Å². The van der Waals surface area contributed by atoms with Crippen molar-refractivity contribution in [3.63, 3.8) is 0 Å². The molecule has 0 atom stereocenters. The van der Waals surface area contributed by atoms with Crippen LogP contribution >= 0.6 is 23.1 Å². The topological polar surface area (TPSA) is 91.8 Å². The van der Waals surface area contributed by atoms with Gasteiger partial charge in [-0.1, -0.05) is 18.3 Å². The molecule has 1 aromatic heterocycles. The van der Waals surface area contributed by atoms with E-state index in [2.05, 4.69) is 17.2 Å². The van der Waals surface area contributed by atoms with Crippen molar-refractivity contribution >= 4 is 40.2 Å². The average Bonchev–Trinajstić information content (AvgIpc) is 3.05. The Morgan fingerprint density at radius 1 is 1.42 bits per heavy atom. The molecule has 1 aromatic rings. The van der Waals surface area contributed by atoms with E-state index in [-0.39, 0.29) is 17.8 Å². The van der Waals surface area contributed by atoms with Crippen molar-refractivity contribution in [2.45, 2.75) is 49.8 Å². The van der Waals surface area contributed by atoms with E-state index in [4.69, 9.17) is 9.84 Å². The van der Waals surface area contributed by atoms with Crippen molar-refractivity contribution in [2.75, 3.05) is 30.8 Å². The number of nitrogens with zero attached hydrogens (tertiary/aromatic N) is 2. The number of nitrogens with one attached hydrogen (secondary N) is 1. The second-order valence-electron chi connectivity index (χ2n) is 6.40. The zero-order valence-electron chi connectivity index (χ0n) is 15.3. The number of carboxylic acid groups (broad SMARTS) is 1. The van der Waals surface area contributed by atoms with Crippen LogP contribution in [-0.2, 0) is 9.53 Å². The number of carbonyl (C=O) groups excluding carboxylic acids is 1. The molecule has 1 aliphatic rings. The van der Waals surface area contributed by atoms with E-state index in [1.807, 2.05) is 11.8 Å². The number of thiazole rings is 1. The summed E-state index contributed by atoms with van der Waals surface area (Å²) in [7, 11) is 0. The maximum atomic E-state index is 12.8. The third kappa shape index (κ3) is 6.77. The first-order chi connectivity index (χ1) is 12.5. The number of hydrogen-bond acceptors (Lipinski definition) is 6. The molecular formula is C17H27N3O4S2. The Balaban J connectivity index is 1.95. The fourth-order valence-corrected chi connectivity index (χ4v) is 4.57. The van der Waals surface area contributed by atoms with Crippen molar-refractivity contribution < 1.29 is 19.4 Å². The molecule has 1 heterocycles. The van der Waals surface area contributed by atoms with Crippen LogP contribution in [0.25, 0.3) is 0 Å². The molecule has 1 saturated carbocycles. The lowest BCUT2D eigenvalue weighted by atomic mass is 9.86. The van der Waals surface area contributed by atoms with E-state index >= 15 is 0 Å². The van der Waals surface area contributed by atoms with Gasteiger partial charge in [0.2, 0.25) is 0 Å². The van der Waals surface area contributed by atoms with Gasteiger partial charge in [0.25, 0.3) is 0 Å². The Hall–Kier alpha value is -1.32. The molecule has 9 heteroatoms. The number of thioether (sulfide) groups is 1. The van der Waals surface area contributed by atoms with Crippen LogP contribution in [0.2, 0.25) is 0 Å². The highest BCUT2D eigenvalue weighted by Gasteiger charge is 2.27. The Morgan fingerprint density at radius 2 is 2.15 bits per heavy atom. The molecule has 0 saturated heterocycles. The number of rotatable bonds is 9. The summed E-state index contributed by atoms with van der Waals surface area (Å²) >= 11 is 2.50. The number of amides is 2. The zero-order chi connectivity index (χ0) is 18.9. The van der Waals surface area contributed by atoms with Gasteiger partial charge in [0.15, 0.2) is 5.13 Å². The monoisotopic (exact) mass is 401 g/mol. The maximum absolute atomic E-state index is 12.8. The van der Waals surface area contributed by atoms with E-state index in [9.17, 15) is 9.59 Å². The van der Waals surface area contributed by atoms with E-state index in [1.54, 1.807) is 6.20 Å². The summed E-state index contributed by atoms with van der Waals surface area (Å²) in [5, 5.41) is 12.1. The molecule has 0 radical (unpaired) electrons. The van der Waals surface area contributed by atoms with Crippen molar-refractivity contribution in [3.8, 4) is 0 Å². The van der Waals surface area contributed by atoms with Gasteiger partial charge in [-0.3, -0.25) is 10.1 Å². The van der Waals surface area contributed by atoms with Crippen LogP contribution in [0.5, 0.6) is 0 Å². The van der Waals surface area contributed by atoms with Crippen LogP contribution in [-0.4, -0.2) is 58.5 Å². The van der Waals surface area contributed by atoms with Gasteiger partial charge in [0.1, 0.15) is 0 Å². The largest absolute Gasteiger partial charge is 0.481 e. The molecule has 26 heavy (non-hydrogen) atoms. The fourth-order valence-electron chi connectivity index (χ4n) is 2.99. The predicted octanol–water partition coefficient (Wildman–Crippen LogP) is 3.77. The normalized spacial score (nSPS) is 19.9. The van der Waals surface area contributed by atoms with Crippen LogP contribution in [0.4, 0.5) is 9.93 Å². The molecule has 0 aliphatic heterocycles. The van der Waals surface area contributed by atoms with Gasteiger partial charge in [-0.2, -0.15) is 0 Å². The summed E-state index contributed by atoms with van der Waals surface area (Å²) in [5.74, 6) is -0.172. The molecule has 2 N–H and O–H groups in total. The summed E-state index contributed by atoms with van der Waals surface area (Å²) < 4.78 is 6.21. The number of urea groups is 1. The molecule has 146 valence electrons. The van der Waals surface area contributed by atoms with Gasteiger partial charge in [0.05, 0.1) is 22.8 Å². The minimum atomic E-state index is -0.873. The third-order valence-electron chi connectivity index (χ3n) is 4.40. The lowest BCUT2D eigenvalue weighted by Crippen LogP contribution is -2.46. The van der Waals surface area contributed by atoms with E-state index in [1.165, 1.54) is 23.1 Å². The first-order valence-electron chi connectivity index (χ1n) is 8.95. The van der Waals surface area contributed by atoms with Crippen molar-refractivity contribution in [1.29, 1.82) is 0 Å². The summed E-state index contributed by atoms with van der Waals surface area (Å²) in [6.45, 7) is 5.91. The zero-order valence-corrected chi connectivity index (χ0v) is 16.9.